The van der Waals surface area contributed by atoms with Crippen LogP contribution in [0.1, 0.15) is 50.7 Å². The number of likely N-dealkylation sites (tertiary alicyclic amines) is 1. The van der Waals surface area contributed by atoms with Crippen LogP contribution in [0.5, 0.6) is 5.75 Å². The molecule has 1 fully saturated rings. The molecule has 1 heterocycles. The Morgan fingerprint density at radius 1 is 0.906 bits per heavy atom. The number of benzene rings is 2. The van der Waals surface area contributed by atoms with Crippen LogP contribution in [0, 0.1) is 0 Å². The highest BCUT2D eigenvalue weighted by Crippen LogP contribution is 2.20. The van der Waals surface area contributed by atoms with E-state index in [2.05, 4.69) is 90.2 Å². The van der Waals surface area contributed by atoms with Crippen molar-refractivity contribution in [3.63, 3.8) is 0 Å². The number of rotatable bonds is 13. The third kappa shape index (κ3) is 8.23. The maximum Gasteiger partial charge on any atom is 0.119 e. The molecule has 4 nitrogen and oxygen atoms in total. The Balaban J connectivity index is 1.34. The molecule has 0 spiro atoms. The van der Waals surface area contributed by atoms with E-state index in [-0.39, 0.29) is 0 Å². The number of nitrogens with zero attached hydrogens (tertiary/aromatic N) is 3. The number of hydrogen-bond acceptors (Lipinski definition) is 4. The molecule has 0 aromatic heterocycles. The van der Waals surface area contributed by atoms with E-state index in [1.807, 2.05) is 0 Å². The average Bonchev–Trinajstić information content (AvgIpc) is 2.83. The van der Waals surface area contributed by atoms with E-state index in [1.165, 1.54) is 50.0 Å². The van der Waals surface area contributed by atoms with Crippen molar-refractivity contribution in [1.29, 1.82) is 0 Å². The van der Waals surface area contributed by atoms with Gasteiger partial charge in [-0.25, -0.2) is 0 Å². The molecule has 0 saturated carbocycles. The summed E-state index contributed by atoms with van der Waals surface area (Å²) in [4.78, 5) is 7.62. The van der Waals surface area contributed by atoms with E-state index < -0.39 is 0 Å². The monoisotopic (exact) mass is 437 g/mol. The summed E-state index contributed by atoms with van der Waals surface area (Å²) in [5.41, 5.74) is 2.79. The van der Waals surface area contributed by atoms with E-state index in [1.54, 1.807) is 0 Å². The van der Waals surface area contributed by atoms with Crippen molar-refractivity contribution in [2.24, 2.45) is 0 Å². The Morgan fingerprint density at radius 2 is 1.62 bits per heavy atom. The predicted octanol–water partition coefficient (Wildman–Crippen LogP) is 5.28. The minimum absolute atomic E-state index is 0.684. The smallest absolute Gasteiger partial charge is 0.119 e. The highest BCUT2D eigenvalue weighted by atomic mass is 16.5. The summed E-state index contributed by atoms with van der Waals surface area (Å²) in [6.45, 7) is 13.1. The van der Waals surface area contributed by atoms with Crippen molar-refractivity contribution in [3.8, 4) is 5.75 Å². The first kappa shape index (κ1) is 24.8. The maximum atomic E-state index is 5.97. The Morgan fingerprint density at radius 3 is 2.28 bits per heavy atom. The lowest BCUT2D eigenvalue weighted by Crippen LogP contribution is -2.42. The predicted molar refractivity (Wildman–Crippen MR) is 135 cm³/mol. The van der Waals surface area contributed by atoms with E-state index in [0.29, 0.717) is 6.04 Å². The second kappa shape index (κ2) is 13.6. The summed E-state index contributed by atoms with van der Waals surface area (Å²) in [6, 6.07) is 20.2. The Labute approximate surface area is 196 Å². The summed E-state index contributed by atoms with van der Waals surface area (Å²) in [6.07, 6.45) is 4.80. The zero-order valence-electron chi connectivity index (χ0n) is 20.5. The van der Waals surface area contributed by atoms with Crippen LogP contribution in [0.25, 0.3) is 0 Å². The molecular weight excluding hydrogens is 394 g/mol. The van der Waals surface area contributed by atoms with Crippen molar-refractivity contribution in [3.05, 3.63) is 65.7 Å². The lowest BCUT2D eigenvalue weighted by atomic mass is 10.0. The van der Waals surface area contributed by atoms with E-state index in [9.17, 15) is 0 Å². The fourth-order valence-corrected chi connectivity index (χ4v) is 4.69. The van der Waals surface area contributed by atoms with Gasteiger partial charge in [-0.3, -0.25) is 9.80 Å². The lowest BCUT2D eigenvalue weighted by molar-refractivity contribution is 0.119. The summed E-state index contributed by atoms with van der Waals surface area (Å²) in [7, 11) is 2.27. The van der Waals surface area contributed by atoms with Gasteiger partial charge in [-0.05, 0) is 82.2 Å². The topological polar surface area (TPSA) is 19.0 Å². The van der Waals surface area contributed by atoms with Crippen molar-refractivity contribution in [2.75, 3.05) is 46.4 Å². The third-order valence-corrected chi connectivity index (χ3v) is 6.66. The first-order chi connectivity index (χ1) is 15.7. The van der Waals surface area contributed by atoms with Gasteiger partial charge in [0.15, 0.2) is 0 Å². The van der Waals surface area contributed by atoms with Gasteiger partial charge >= 0.3 is 0 Å². The molecule has 1 aliphatic rings. The van der Waals surface area contributed by atoms with Crippen LogP contribution in [0.4, 0.5) is 0 Å². The van der Waals surface area contributed by atoms with Gasteiger partial charge in [-0.2, -0.15) is 0 Å². The van der Waals surface area contributed by atoms with Gasteiger partial charge in [0, 0.05) is 25.7 Å². The molecule has 0 amide bonds. The van der Waals surface area contributed by atoms with Crippen LogP contribution >= 0.6 is 0 Å². The second-order valence-electron chi connectivity index (χ2n) is 9.19. The average molecular weight is 438 g/mol. The largest absolute Gasteiger partial charge is 0.494 e. The van der Waals surface area contributed by atoms with Gasteiger partial charge in [-0.1, -0.05) is 56.3 Å². The molecular formula is C28H43N3O. The third-order valence-electron chi connectivity index (χ3n) is 6.66. The Kier molecular flexibility index (Phi) is 10.5. The quantitative estimate of drug-likeness (QED) is 0.397. The lowest BCUT2D eigenvalue weighted by Gasteiger charge is -2.36. The normalized spacial score (nSPS) is 15.5. The van der Waals surface area contributed by atoms with Gasteiger partial charge in [0.2, 0.25) is 0 Å². The van der Waals surface area contributed by atoms with Gasteiger partial charge in [0.25, 0.3) is 0 Å². The van der Waals surface area contributed by atoms with Crippen LogP contribution in [0.3, 0.4) is 0 Å². The van der Waals surface area contributed by atoms with Gasteiger partial charge < -0.3 is 9.64 Å². The molecule has 0 N–H and O–H groups in total. The van der Waals surface area contributed by atoms with Crippen molar-refractivity contribution in [1.82, 2.24) is 14.7 Å². The van der Waals surface area contributed by atoms with Crippen LogP contribution in [0.15, 0.2) is 54.6 Å². The summed E-state index contributed by atoms with van der Waals surface area (Å²) < 4.78 is 5.97. The SMILES string of the molecule is CCCN(CC)CCCOc1ccc(CN2CCC(N(C)Cc3ccccc3)CC2)cc1. The first-order valence-electron chi connectivity index (χ1n) is 12.6. The van der Waals surface area contributed by atoms with Gasteiger partial charge in [-0.15, -0.1) is 0 Å². The maximum absolute atomic E-state index is 5.97. The molecule has 1 saturated heterocycles. The highest BCUT2D eigenvalue weighted by Gasteiger charge is 2.22. The fraction of sp³-hybridized carbons (Fsp3) is 0.571. The Bertz CT molecular complexity index is 741. The summed E-state index contributed by atoms with van der Waals surface area (Å²) in [5, 5.41) is 0. The number of hydrogen-bond donors (Lipinski definition) is 0. The molecule has 4 heteroatoms. The zero-order chi connectivity index (χ0) is 22.6. The molecule has 0 atom stereocenters. The molecule has 3 rings (SSSR count). The molecule has 176 valence electrons. The van der Waals surface area contributed by atoms with E-state index >= 15 is 0 Å². The van der Waals surface area contributed by atoms with E-state index in [0.717, 1.165) is 45.0 Å². The molecule has 2 aromatic carbocycles. The summed E-state index contributed by atoms with van der Waals surface area (Å²) >= 11 is 0. The summed E-state index contributed by atoms with van der Waals surface area (Å²) in [5.74, 6) is 0.994. The van der Waals surface area contributed by atoms with Crippen molar-refractivity contribution >= 4 is 0 Å². The zero-order valence-corrected chi connectivity index (χ0v) is 20.5. The second-order valence-corrected chi connectivity index (χ2v) is 9.19. The minimum Gasteiger partial charge on any atom is -0.494 e. The first-order valence-corrected chi connectivity index (χ1v) is 12.6. The van der Waals surface area contributed by atoms with Crippen LogP contribution < -0.4 is 4.74 Å². The molecule has 0 aliphatic carbocycles. The number of piperidine rings is 1. The molecule has 0 unspecified atom stereocenters. The van der Waals surface area contributed by atoms with E-state index in [4.69, 9.17) is 4.74 Å². The van der Waals surface area contributed by atoms with Crippen LogP contribution in [-0.4, -0.2) is 67.1 Å². The van der Waals surface area contributed by atoms with Crippen LogP contribution in [0.2, 0.25) is 0 Å². The fourth-order valence-electron chi connectivity index (χ4n) is 4.69. The van der Waals surface area contributed by atoms with Gasteiger partial charge in [0.1, 0.15) is 5.75 Å². The number of ether oxygens (including phenoxy) is 1. The Hall–Kier alpha value is -1.88. The molecule has 1 aliphatic heterocycles. The standard InChI is InChI=1S/C28H43N3O/c1-4-18-30(5-2)19-9-22-32-28-14-12-26(13-15-28)24-31-20-16-27(17-21-31)29(3)23-25-10-7-6-8-11-25/h6-8,10-15,27H,4-5,9,16-24H2,1-3H3. The highest BCUT2D eigenvalue weighted by molar-refractivity contribution is 5.27. The molecule has 2 aromatic rings. The molecule has 32 heavy (non-hydrogen) atoms. The molecule has 0 bridgehead atoms. The minimum atomic E-state index is 0.684. The van der Waals surface area contributed by atoms with Crippen molar-refractivity contribution in [2.45, 2.75) is 58.7 Å². The van der Waals surface area contributed by atoms with Gasteiger partial charge in [0.05, 0.1) is 6.61 Å². The van der Waals surface area contributed by atoms with Crippen LogP contribution in [-0.2, 0) is 13.1 Å². The van der Waals surface area contributed by atoms with Crippen molar-refractivity contribution < 1.29 is 4.74 Å². The molecule has 0 radical (unpaired) electrons.